The molecule has 0 amide bonds. The molecule has 0 bridgehead atoms. The van der Waals surface area contributed by atoms with Crippen LogP contribution in [0, 0.1) is 0 Å². The van der Waals surface area contributed by atoms with E-state index in [0.29, 0.717) is 5.69 Å². The van der Waals surface area contributed by atoms with Crippen LogP contribution in [0.5, 0.6) is 0 Å². The molecule has 0 unspecified atom stereocenters. The average Bonchev–Trinajstić information content (AvgIpc) is 2.04. The SMILES string of the molecule is C[C@@H](N)c1cc(C(=O)O)ccn1. The fourth-order valence-corrected chi connectivity index (χ4v) is 0.830. The molecule has 0 saturated heterocycles. The topological polar surface area (TPSA) is 76.2 Å². The van der Waals surface area contributed by atoms with Gasteiger partial charge in [0.15, 0.2) is 0 Å². The molecule has 1 atom stereocenters. The van der Waals surface area contributed by atoms with Gasteiger partial charge in [-0.3, -0.25) is 4.98 Å². The van der Waals surface area contributed by atoms with Crippen LogP contribution in [0.2, 0.25) is 0 Å². The largest absolute Gasteiger partial charge is 0.478 e. The van der Waals surface area contributed by atoms with Gasteiger partial charge in [0.05, 0.1) is 11.3 Å². The molecule has 1 aromatic heterocycles. The second-order valence-corrected chi connectivity index (χ2v) is 2.56. The molecule has 1 aromatic rings. The molecule has 3 N–H and O–H groups in total. The molecule has 0 aliphatic carbocycles. The zero-order chi connectivity index (χ0) is 9.14. The molecular weight excluding hydrogens is 156 g/mol. The van der Waals surface area contributed by atoms with Crippen molar-refractivity contribution in [1.82, 2.24) is 4.98 Å². The van der Waals surface area contributed by atoms with Crippen LogP contribution in [0.1, 0.15) is 29.0 Å². The van der Waals surface area contributed by atoms with E-state index in [9.17, 15) is 4.79 Å². The minimum Gasteiger partial charge on any atom is -0.478 e. The number of aromatic nitrogens is 1. The summed E-state index contributed by atoms with van der Waals surface area (Å²) in [7, 11) is 0. The van der Waals surface area contributed by atoms with Crippen LogP contribution in [0.25, 0.3) is 0 Å². The first-order valence-corrected chi connectivity index (χ1v) is 3.56. The van der Waals surface area contributed by atoms with Gasteiger partial charge in [-0.05, 0) is 19.1 Å². The fraction of sp³-hybridized carbons (Fsp3) is 0.250. The Hall–Kier alpha value is -1.42. The summed E-state index contributed by atoms with van der Waals surface area (Å²) >= 11 is 0. The Morgan fingerprint density at radius 2 is 2.42 bits per heavy atom. The van der Waals surface area contributed by atoms with E-state index in [0.717, 1.165) is 0 Å². The molecule has 0 aliphatic rings. The van der Waals surface area contributed by atoms with Crippen LogP contribution >= 0.6 is 0 Å². The van der Waals surface area contributed by atoms with Gasteiger partial charge in [-0.15, -0.1) is 0 Å². The minimum atomic E-state index is -0.959. The van der Waals surface area contributed by atoms with E-state index in [2.05, 4.69) is 4.98 Å². The number of nitrogens with zero attached hydrogens (tertiary/aromatic N) is 1. The van der Waals surface area contributed by atoms with E-state index in [4.69, 9.17) is 10.8 Å². The summed E-state index contributed by atoms with van der Waals surface area (Å²) in [4.78, 5) is 14.4. The molecule has 0 spiro atoms. The molecule has 0 aromatic carbocycles. The van der Waals surface area contributed by atoms with Crippen molar-refractivity contribution in [2.45, 2.75) is 13.0 Å². The Kier molecular flexibility index (Phi) is 2.40. The molecule has 0 radical (unpaired) electrons. The number of hydrogen-bond acceptors (Lipinski definition) is 3. The number of pyridine rings is 1. The lowest BCUT2D eigenvalue weighted by Crippen LogP contribution is -2.08. The molecule has 1 heterocycles. The van der Waals surface area contributed by atoms with E-state index in [1.54, 1.807) is 6.92 Å². The van der Waals surface area contributed by atoms with Gasteiger partial charge >= 0.3 is 5.97 Å². The van der Waals surface area contributed by atoms with Crippen LogP contribution < -0.4 is 5.73 Å². The maximum absolute atomic E-state index is 10.5. The predicted octanol–water partition coefficient (Wildman–Crippen LogP) is 0.800. The third kappa shape index (κ3) is 1.79. The highest BCUT2D eigenvalue weighted by Gasteiger charge is 2.06. The molecule has 12 heavy (non-hydrogen) atoms. The van der Waals surface area contributed by atoms with Gasteiger partial charge in [0.1, 0.15) is 0 Å². The number of nitrogens with two attached hydrogens (primary N) is 1. The van der Waals surface area contributed by atoms with E-state index < -0.39 is 5.97 Å². The Morgan fingerprint density at radius 3 is 2.92 bits per heavy atom. The lowest BCUT2D eigenvalue weighted by molar-refractivity contribution is 0.0696. The van der Waals surface area contributed by atoms with Gasteiger partial charge in [0.25, 0.3) is 0 Å². The summed E-state index contributed by atoms with van der Waals surface area (Å²) in [5.74, 6) is -0.959. The monoisotopic (exact) mass is 166 g/mol. The number of carbonyl (C=O) groups is 1. The van der Waals surface area contributed by atoms with Crippen molar-refractivity contribution in [2.24, 2.45) is 5.73 Å². The third-order valence-electron chi connectivity index (χ3n) is 1.49. The zero-order valence-electron chi connectivity index (χ0n) is 6.69. The molecule has 1 rings (SSSR count). The summed E-state index contributed by atoms with van der Waals surface area (Å²) < 4.78 is 0. The predicted molar refractivity (Wildman–Crippen MR) is 43.8 cm³/mol. The van der Waals surface area contributed by atoms with Gasteiger partial charge in [0, 0.05) is 12.2 Å². The quantitative estimate of drug-likeness (QED) is 0.681. The summed E-state index contributed by atoms with van der Waals surface area (Å²) in [6, 6.07) is 2.69. The van der Waals surface area contributed by atoms with E-state index in [-0.39, 0.29) is 11.6 Å². The van der Waals surface area contributed by atoms with Gasteiger partial charge in [-0.25, -0.2) is 4.79 Å². The third-order valence-corrected chi connectivity index (χ3v) is 1.49. The highest BCUT2D eigenvalue weighted by Crippen LogP contribution is 2.07. The maximum atomic E-state index is 10.5. The average molecular weight is 166 g/mol. The van der Waals surface area contributed by atoms with Crippen LogP contribution in [-0.2, 0) is 0 Å². The first-order chi connectivity index (χ1) is 5.61. The van der Waals surface area contributed by atoms with Crippen molar-refractivity contribution in [1.29, 1.82) is 0 Å². The Bertz CT molecular complexity index is 297. The lowest BCUT2D eigenvalue weighted by atomic mass is 10.1. The highest BCUT2D eigenvalue weighted by atomic mass is 16.4. The molecule has 0 saturated carbocycles. The summed E-state index contributed by atoms with van der Waals surface area (Å²) in [6.45, 7) is 1.76. The van der Waals surface area contributed by atoms with Crippen molar-refractivity contribution in [3.05, 3.63) is 29.6 Å². The molecule has 64 valence electrons. The normalized spacial score (nSPS) is 12.5. The van der Waals surface area contributed by atoms with Crippen LogP contribution in [-0.4, -0.2) is 16.1 Å². The van der Waals surface area contributed by atoms with E-state index >= 15 is 0 Å². The van der Waals surface area contributed by atoms with Crippen molar-refractivity contribution < 1.29 is 9.90 Å². The van der Waals surface area contributed by atoms with Gasteiger partial charge in [-0.1, -0.05) is 0 Å². The van der Waals surface area contributed by atoms with Gasteiger partial charge in [0.2, 0.25) is 0 Å². The highest BCUT2D eigenvalue weighted by molar-refractivity contribution is 5.87. The molecule has 4 nitrogen and oxygen atoms in total. The second kappa shape index (κ2) is 3.32. The first kappa shape index (κ1) is 8.67. The van der Waals surface area contributed by atoms with Crippen LogP contribution in [0.4, 0.5) is 0 Å². The lowest BCUT2D eigenvalue weighted by Gasteiger charge is -2.03. The molecular formula is C8H10N2O2. The van der Waals surface area contributed by atoms with Crippen molar-refractivity contribution in [3.63, 3.8) is 0 Å². The van der Waals surface area contributed by atoms with Crippen LogP contribution in [0.3, 0.4) is 0 Å². The number of carboxylic acid groups (broad SMARTS) is 1. The summed E-state index contributed by atoms with van der Waals surface area (Å²) in [6.07, 6.45) is 1.45. The second-order valence-electron chi connectivity index (χ2n) is 2.56. The van der Waals surface area contributed by atoms with Gasteiger partial charge < -0.3 is 10.8 Å². The number of carboxylic acids is 1. The van der Waals surface area contributed by atoms with Crippen molar-refractivity contribution in [3.8, 4) is 0 Å². The zero-order valence-corrected chi connectivity index (χ0v) is 6.69. The standard InChI is InChI=1S/C8H10N2O2/c1-5(9)7-4-6(8(11)12)2-3-10-7/h2-5H,9H2,1H3,(H,11,12)/t5-/m1/s1. The summed E-state index contributed by atoms with van der Waals surface area (Å²) in [5.41, 5.74) is 6.34. The molecule has 4 heteroatoms. The van der Waals surface area contributed by atoms with Gasteiger partial charge in [-0.2, -0.15) is 0 Å². The van der Waals surface area contributed by atoms with E-state index in [1.165, 1.54) is 18.3 Å². The molecule has 0 aliphatic heterocycles. The fourth-order valence-electron chi connectivity index (χ4n) is 0.830. The Morgan fingerprint density at radius 1 is 1.75 bits per heavy atom. The maximum Gasteiger partial charge on any atom is 0.335 e. The Balaban J connectivity index is 3.04. The number of hydrogen-bond donors (Lipinski definition) is 2. The van der Waals surface area contributed by atoms with Crippen molar-refractivity contribution in [2.75, 3.05) is 0 Å². The minimum absolute atomic E-state index is 0.220. The Labute approximate surface area is 70.0 Å². The van der Waals surface area contributed by atoms with Crippen LogP contribution in [0.15, 0.2) is 18.3 Å². The molecule has 0 fully saturated rings. The first-order valence-electron chi connectivity index (χ1n) is 3.56. The summed E-state index contributed by atoms with van der Waals surface area (Å²) in [5, 5.41) is 8.62. The smallest absolute Gasteiger partial charge is 0.335 e. The number of rotatable bonds is 2. The number of aromatic carboxylic acids is 1. The van der Waals surface area contributed by atoms with Crippen molar-refractivity contribution >= 4 is 5.97 Å². The van der Waals surface area contributed by atoms with E-state index in [1.807, 2.05) is 0 Å².